The van der Waals surface area contributed by atoms with Gasteiger partial charge in [0.05, 0.1) is 11.5 Å². The summed E-state index contributed by atoms with van der Waals surface area (Å²) in [5.74, 6) is 0.309. The topological polar surface area (TPSA) is 33.0 Å². The average Bonchev–Trinajstić information content (AvgIpc) is 2.91. The molecule has 0 aliphatic rings. The fourth-order valence-corrected chi connectivity index (χ4v) is 4.51. The molecule has 1 unspecified atom stereocenters. The molecule has 1 aromatic rings. The zero-order chi connectivity index (χ0) is 17.0. The molecule has 0 saturated heterocycles. The first-order chi connectivity index (χ1) is 10.1. The second-order valence-electron chi connectivity index (χ2n) is 7.93. The summed E-state index contributed by atoms with van der Waals surface area (Å²) in [7, 11) is -1.69. The van der Waals surface area contributed by atoms with Gasteiger partial charge in [-0.3, -0.25) is 0 Å². The molecule has 0 spiro atoms. The highest BCUT2D eigenvalue weighted by Gasteiger charge is 2.39. The Morgan fingerprint density at radius 1 is 1.32 bits per heavy atom. The number of hydrogen-bond acceptors (Lipinski definition) is 3. The Morgan fingerprint density at radius 2 is 1.95 bits per heavy atom. The molecule has 0 aliphatic heterocycles. The monoisotopic (exact) mass is 337 g/mol. The number of hydrogen-bond donors (Lipinski definition) is 0. The smallest absolute Gasteiger partial charge is 0.191 e. The molecule has 4 heteroatoms. The molecule has 0 aromatic carbocycles. The molecule has 124 valence electrons. The second kappa shape index (κ2) is 7.29. The Morgan fingerprint density at radius 3 is 2.36 bits per heavy atom. The van der Waals surface area contributed by atoms with Gasteiger partial charge in [0, 0.05) is 11.5 Å². The lowest BCUT2D eigenvalue weighted by Crippen LogP contribution is -2.41. The third kappa shape index (κ3) is 4.22. The summed E-state index contributed by atoms with van der Waals surface area (Å²) in [6.45, 7) is 16.4. The van der Waals surface area contributed by atoms with Crippen molar-refractivity contribution >= 4 is 19.7 Å². The molecule has 1 atom stereocenters. The molecule has 1 heterocycles. The van der Waals surface area contributed by atoms with E-state index >= 15 is 0 Å². The summed E-state index contributed by atoms with van der Waals surface area (Å²) < 4.78 is 6.26. The normalized spacial score (nSPS) is 15.6. The van der Waals surface area contributed by atoms with E-state index in [1.807, 2.05) is 6.07 Å². The Balaban J connectivity index is 2.70. The molecular formula is C18H31NOSSi. The maximum absolute atomic E-state index is 9.83. The minimum absolute atomic E-state index is 0.241. The molecule has 0 amide bonds. The fourth-order valence-electron chi connectivity index (χ4n) is 2.36. The van der Waals surface area contributed by atoms with E-state index in [-0.39, 0.29) is 10.5 Å². The molecule has 0 radical (unpaired) electrons. The quantitative estimate of drug-likeness (QED) is 0.454. The van der Waals surface area contributed by atoms with E-state index in [1.165, 1.54) is 4.88 Å². The first-order valence-corrected chi connectivity index (χ1v) is 11.9. The van der Waals surface area contributed by atoms with Gasteiger partial charge in [-0.05, 0) is 48.3 Å². The molecule has 1 aromatic heterocycles. The van der Waals surface area contributed by atoms with Gasteiger partial charge in [-0.2, -0.15) is 5.26 Å². The highest BCUT2D eigenvalue weighted by molar-refractivity contribution is 7.10. The standard InChI is InChI=1S/C18H31NOSSi/c1-15(2)18(14-19,16-10-8-13-21-16)11-9-12-20-22(6,7)17(3,4)5/h8,10,13,15H,9,11-12H2,1-7H3. The van der Waals surface area contributed by atoms with E-state index in [0.29, 0.717) is 5.92 Å². The summed E-state index contributed by atoms with van der Waals surface area (Å²) in [5, 5.41) is 12.1. The SMILES string of the molecule is CC(C)C(C#N)(CCCO[Si](C)(C)C(C)(C)C)c1cccs1. The van der Waals surface area contributed by atoms with Crippen LogP contribution in [0.15, 0.2) is 17.5 Å². The van der Waals surface area contributed by atoms with Crippen LogP contribution >= 0.6 is 11.3 Å². The van der Waals surface area contributed by atoms with Crippen molar-refractivity contribution in [3.63, 3.8) is 0 Å². The highest BCUT2D eigenvalue weighted by Crippen LogP contribution is 2.40. The highest BCUT2D eigenvalue weighted by atomic mass is 32.1. The summed E-state index contributed by atoms with van der Waals surface area (Å²) in [4.78, 5) is 1.19. The van der Waals surface area contributed by atoms with Gasteiger partial charge in [-0.1, -0.05) is 40.7 Å². The van der Waals surface area contributed by atoms with Crippen molar-refractivity contribution in [2.24, 2.45) is 5.92 Å². The van der Waals surface area contributed by atoms with E-state index in [4.69, 9.17) is 4.43 Å². The molecule has 2 nitrogen and oxygen atoms in total. The van der Waals surface area contributed by atoms with Gasteiger partial charge in [0.1, 0.15) is 0 Å². The van der Waals surface area contributed by atoms with E-state index in [2.05, 4.69) is 65.2 Å². The van der Waals surface area contributed by atoms with Gasteiger partial charge < -0.3 is 4.43 Å². The zero-order valence-corrected chi connectivity index (χ0v) is 17.0. The Hall–Kier alpha value is -0.633. The average molecular weight is 338 g/mol. The van der Waals surface area contributed by atoms with Crippen molar-refractivity contribution in [3.8, 4) is 6.07 Å². The van der Waals surface area contributed by atoms with Gasteiger partial charge in [0.15, 0.2) is 8.32 Å². The number of thiophene rings is 1. The molecule has 0 aliphatic carbocycles. The number of nitrogens with zero attached hydrogens (tertiary/aromatic N) is 1. The van der Waals surface area contributed by atoms with Crippen LogP contribution < -0.4 is 0 Å². The maximum Gasteiger partial charge on any atom is 0.191 e. The van der Waals surface area contributed by atoms with Crippen molar-refractivity contribution < 1.29 is 4.43 Å². The van der Waals surface area contributed by atoms with Gasteiger partial charge in [0.25, 0.3) is 0 Å². The maximum atomic E-state index is 9.83. The molecule has 0 N–H and O–H groups in total. The van der Waals surface area contributed by atoms with Crippen LogP contribution in [0, 0.1) is 17.2 Å². The lowest BCUT2D eigenvalue weighted by Gasteiger charge is -2.36. The molecule has 0 saturated carbocycles. The van der Waals surface area contributed by atoms with Crippen LogP contribution in [0.3, 0.4) is 0 Å². The van der Waals surface area contributed by atoms with Crippen LogP contribution in [-0.2, 0) is 9.84 Å². The molecular weight excluding hydrogens is 306 g/mol. The first kappa shape index (κ1) is 19.4. The summed E-state index contributed by atoms with van der Waals surface area (Å²) in [6.07, 6.45) is 1.81. The van der Waals surface area contributed by atoms with E-state index < -0.39 is 8.32 Å². The molecule has 1 rings (SSSR count). The summed E-state index contributed by atoms with van der Waals surface area (Å²) >= 11 is 1.70. The lowest BCUT2D eigenvalue weighted by atomic mass is 9.74. The van der Waals surface area contributed by atoms with Crippen LogP contribution in [0.4, 0.5) is 0 Å². The molecule has 0 fully saturated rings. The van der Waals surface area contributed by atoms with E-state index in [1.54, 1.807) is 11.3 Å². The second-order valence-corrected chi connectivity index (χ2v) is 13.7. The van der Waals surface area contributed by atoms with Gasteiger partial charge in [-0.25, -0.2) is 0 Å². The van der Waals surface area contributed by atoms with Crippen molar-refractivity contribution in [1.82, 2.24) is 0 Å². The van der Waals surface area contributed by atoms with Crippen molar-refractivity contribution in [3.05, 3.63) is 22.4 Å². The van der Waals surface area contributed by atoms with Gasteiger partial charge >= 0.3 is 0 Å². The predicted octanol–water partition coefficient (Wildman–Crippen LogP) is 5.97. The third-order valence-corrected chi connectivity index (χ3v) is 10.7. The van der Waals surface area contributed by atoms with E-state index in [0.717, 1.165) is 19.4 Å². The molecule has 22 heavy (non-hydrogen) atoms. The van der Waals surface area contributed by atoms with E-state index in [9.17, 15) is 5.26 Å². The zero-order valence-electron chi connectivity index (χ0n) is 15.2. The number of rotatable bonds is 7. The van der Waals surface area contributed by atoms with Crippen LogP contribution in [0.25, 0.3) is 0 Å². The Labute approximate surface area is 141 Å². The van der Waals surface area contributed by atoms with Crippen molar-refractivity contribution in [2.45, 2.75) is 71.0 Å². The van der Waals surface area contributed by atoms with Gasteiger partial charge in [0.2, 0.25) is 0 Å². The fraction of sp³-hybridized carbons (Fsp3) is 0.722. The lowest BCUT2D eigenvalue weighted by molar-refractivity contribution is 0.256. The predicted molar refractivity (Wildman–Crippen MR) is 98.8 cm³/mol. The summed E-state index contributed by atoms with van der Waals surface area (Å²) in [6, 6.07) is 6.75. The van der Waals surface area contributed by atoms with Crippen LogP contribution in [0.5, 0.6) is 0 Å². The third-order valence-electron chi connectivity index (χ3n) is 5.13. The van der Waals surface area contributed by atoms with Crippen LogP contribution in [-0.4, -0.2) is 14.9 Å². The minimum Gasteiger partial charge on any atom is -0.417 e. The minimum atomic E-state index is -1.69. The largest absolute Gasteiger partial charge is 0.417 e. The summed E-state index contributed by atoms with van der Waals surface area (Å²) in [5.41, 5.74) is -0.370. The van der Waals surface area contributed by atoms with Crippen molar-refractivity contribution in [1.29, 1.82) is 5.26 Å². The number of nitriles is 1. The van der Waals surface area contributed by atoms with Gasteiger partial charge in [-0.15, -0.1) is 11.3 Å². The van der Waals surface area contributed by atoms with Crippen LogP contribution in [0.1, 0.15) is 52.3 Å². The Bertz CT molecular complexity index is 496. The first-order valence-electron chi connectivity index (χ1n) is 8.16. The Kier molecular flexibility index (Phi) is 6.43. The molecule has 0 bridgehead atoms. The van der Waals surface area contributed by atoms with Crippen molar-refractivity contribution in [2.75, 3.05) is 6.61 Å². The van der Waals surface area contributed by atoms with Crippen LogP contribution in [0.2, 0.25) is 18.1 Å².